The minimum Gasteiger partial charge on any atom is -0.444 e. The average Bonchev–Trinajstić information content (AvgIpc) is 2.61. The Morgan fingerprint density at radius 1 is 1.50 bits per heavy atom. The van der Waals surface area contributed by atoms with Crippen molar-refractivity contribution in [1.82, 2.24) is 4.90 Å². The Balaban J connectivity index is 2.01. The van der Waals surface area contributed by atoms with E-state index in [9.17, 15) is 4.79 Å². The summed E-state index contributed by atoms with van der Waals surface area (Å²) in [6, 6.07) is 0. The van der Waals surface area contributed by atoms with Gasteiger partial charge in [0.1, 0.15) is 5.60 Å². The Morgan fingerprint density at radius 3 is 2.94 bits per heavy atom. The van der Waals surface area contributed by atoms with Crippen LogP contribution in [0.5, 0.6) is 0 Å². The standard InChI is InChI=1S/C11H15N3O2/c1-11(2,3)16-10(15)14-5-4-8-6-12-13-9(8)7-14/h4,6H,5,7H2,1-3H3. The van der Waals surface area contributed by atoms with Crippen LogP contribution in [-0.2, 0) is 4.74 Å². The summed E-state index contributed by atoms with van der Waals surface area (Å²) in [7, 11) is 0. The number of rotatable bonds is 0. The summed E-state index contributed by atoms with van der Waals surface area (Å²) in [4.78, 5) is 13.4. The number of carbonyl (C=O) groups is 1. The van der Waals surface area contributed by atoms with Crippen LogP contribution in [0.1, 0.15) is 20.8 Å². The van der Waals surface area contributed by atoms with Gasteiger partial charge in [-0.15, -0.1) is 0 Å². The predicted molar refractivity (Wildman–Crippen MR) is 61.8 cm³/mol. The maximum absolute atomic E-state index is 11.8. The van der Waals surface area contributed by atoms with Gasteiger partial charge in [0, 0.05) is 12.1 Å². The third-order valence-corrected chi connectivity index (χ3v) is 2.23. The molecule has 16 heavy (non-hydrogen) atoms. The SMILES string of the molecule is CC(C)(C)OC(=O)N1CC=C2C=NN=C2C1. The molecule has 2 heterocycles. The molecule has 1 amide bonds. The van der Waals surface area contributed by atoms with Crippen LogP contribution in [0.15, 0.2) is 21.9 Å². The van der Waals surface area contributed by atoms with Crippen LogP contribution in [0.25, 0.3) is 0 Å². The third kappa shape index (κ3) is 2.29. The molecule has 0 fully saturated rings. The van der Waals surface area contributed by atoms with E-state index in [0.717, 1.165) is 11.3 Å². The van der Waals surface area contributed by atoms with Crippen molar-refractivity contribution in [3.63, 3.8) is 0 Å². The molecular weight excluding hydrogens is 206 g/mol. The summed E-state index contributed by atoms with van der Waals surface area (Å²) >= 11 is 0. The Labute approximate surface area is 94.5 Å². The molecule has 0 saturated carbocycles. The zero-order chi connectivity index (χ0) is 11.8. The highest BCUT2D eigenvalue weighted by Gasteiger charge is 2.27. The van der Waals surface area contributed by atoms with E-state index in [2.05, 4.69) is 10.2 Å². The second kappa shape index (κ2) is 3.73. The lowest BCUT2D eigenvalue weighted by molar-refractivity contribution is 0.0296. The van der Waals surface area contributed by atoms with Gasteiger partial charge in [0.2, 0.25) is 0 Å². The molecule has 0 aromatic carbocycles. The molecule has 0 unspecified atom stereocenters. The number of fused-ring (bicyclic) bond motifs is 1. The average molecular weight is 221 g/mol. The van der Waals surface area contributed by atoms with Crippen LogP contribution in [0.4, 0.5) is 4.79 Å². The maximum atomic E-state index is 11.8. The van der Waals surface area contributed by atoms with Gasteiger partial charge in [0.15, 0.2) is 0 Å². The summed E-state index contributed by atoms with van der Waals surface area (Å²) in [5, 5.41) is 7.77. The van der Waals surface area contributed by atoms with Gasteiger partial charge in [-0.05, 0) is 20.8 Å². The van der Waals surface area contributed by atoms with Gasteiger partial charge in [-0.3, -0.25) is 4.90 Å². The number of nitrogens with zero attached hydrogens (tertiary/aromatic N) is 3. The molecule has 0 bridgehead atoms. The Morgan fingerprint density at radius 2 is 2.25 bits per heavy atom. The molecule has 2 rings (SSSR count). The minimum atomic E-state index is -0.463. The second-order valence-corrected chi connectivity index (χ2v) is 4.81. The first-order valence-corrected chi connectivity index (χ1v) is 5.24. The van der Waals surface area contributed by atoms with Crippen molar-refractivity contribution in [2.45, 2.75) is 26.4 Å². The van der Waals surface area contributed by atoms with Crippen molar-refractivity contribution in [3.05, 3.63) is 11.6 Å². The molecule has 0 radical (unpaired) electrons. The van der Waals surface area contributed by atoms with E-state index in [1.165, 1.54) is 0 Å². The highest BCUT2D eigenvalue weighted by atomic mass is 16.6. The van der Waals surface area contributed by atoms with Gasteiger partial charge >= 0.3 is 6.09 Å². The smallest absolute Gasteiger partial charge is 0.410 e. The molecule has 0 aliphatic carbocycles. The molecule has 2 aliphatic heterocycles. The summed E-state index contributed by atoms with van der Waals surface area (Å²) < 4.78 is 5.29. The van der Waals surface area contributed by atoms with E-state index >= 15 is 0 Å². The molecule has 5 heteroatoms. The maximum Gasteiger partial charge on any atom is 0.410 e. The fourth-order valence-electron chi connectivity index (χ4n) is 1.51. The monoisotopic (exact) mass is 221 g/mol. The number of amides is 1. The van der Waals surface area contributed by atoms with Crippen molar-refractivity contribution in [1.29, 1.82) is 0 Å². The summed E-state index contributed by atoms with van der Waals surface area (Å²) in [6.45, 7) is 6.58. The number of hydrogen-bond donors (Lipinski definition) is 0. The largest absolute Gasteiger partial charge is 0.444 e. The third-order valence-electron chi connectivity index (χ3n) is 2.23. The highest BCUT2D eigenvalue weighted by Crippen LogP contribution is 2.15. The van der Waals surface area contributed by atoms with Gasteiger partial charge in [-0.25, -0.2) is 4.79 Å². The molecule has 0 N–H and O–H groups in total. The zero-order valence-electron chi connectivity index (χ0n) is 9.73. The van der Waals surface area contributed by atoms with Gasteiger partial charge in [-0.2, -0.15) is 10.2 Å². The summed E-state index contributed by atoms with van der Waals surface area (Å²) in [6.07, 6.45) is 3.34. The van der Waals surface area contributed by atoms with Crippen molar-refractivity contribution >= 4 is 18.0 Å². The molecule has 5 nitrogen and oxygen atoms in total. The van der Waals surface area contributed by atoms with Crippen molar-refractivity contribution in [3.8, 4) is 0 Å². The van der Waals surface area contributed by atoms with E-state index in [0.29, 0.717) is 13.1 Å². The molecular formula is C11H15N3O2. The van der Waals surface area contributed by atoms with Crippen molar-refractivity contribution in [2.75, 3.05) is 13.1 Å². The minimum absolute atomic E-state index is 0.308. The van der Waals surface area contributed by atoms with Gasteiger partial charge in [-0.1, -0.05) is 6.08 Å². The van der Waals surface area contributed by atoms with Crippen LogP contribution in [-0.4, -0.2) is 41.6 Å². The lowest BCUT2D eigenvalue weighted by atomic mass is 10.1. The van der Waals surface area contributed by atoms with E-state index < -0.39 is 5.60 Å². The lowest BCUT2D eigenvalue weighted by Crippen LogP contribution is -2.42. The fraction of sp³-hybridized carbons (Fsp3) is 0.545. The molecule has 0 spiro atoms. The Kier molecular flexibility index (Phi) is 2.53. The van der Waals surface area contributed by atoms with Crippen LogP contribution in [0.3, 0.4) is 0 Å². The first-order valence-electron chi connectivity index (χ1n) is 5.24. The number of ether oxygens (including phenoxy) is 1. The van der Waals surface area contributed by atoms with Gasteiger partial charge in [0.05, 0.1) is 18.5 Å². The normalized spacial score (nSPS) is 19.1. The summed E-state index contributed by atoms with van der Waals surface area (Å²) in [5.74, 6) is 0. The van der Waals surface area contributed by atoms with E-state index in [1.807, 2.05) is 26.8 Å². The van der Waals surface area contributed by atoms with Crippen LogP contribution >= 0.6 is 0 Å². The second-order valence-electron chi connectivity index (χ2n) is 4.81. The van der Waals surface area contributed by atoms with Crippen LogP contribution < -0.4 is 0 Å². The van der Waals surface area contributed by atoms with Crippen molar-refractivity contribution < 1.29 is 9.53 Å². The highest BCUT2D eigenvalue weighted by molar-refractivity contribution is 6.20. The van der Waals surface area contributed by atoms with E-state index in [-0.39, 0.29) is 6.09 Å². The van der Waals surface area contributed by atoms with Crippen molar-refractivity contribution in [2.24, 2.45) is 10.2 Å². The topological polar surface area (TPSA) is 54.3 Å². The molecule has 0 atom stereocenters. The fourth-order valence-corrected chi connectivity index (χ4v) is 1.51. The summed E-state index contributed by atoms with van der Waals surface area (Å²) in [5.41, 5.74) is 1.38. The lowest BCUT2D eigenvalue weighted by Gasteiger charge is -2.28. The quantitative estimate of drug-likeness (QED) is 0.624. The number of carbonyl (C=O) groups excluding carboxylic acids is 1. The van der Waals surface area contributed by atoms with Crippen LogP contribution in [0.2, 0.25) is 0 Å². The predicted octanol–water partition coefficient (Wildman–Crippen LogP) is 1.60. The molecule has 0 saturated heterocycles. The zero-order valence-corrected chi connectivity index (χ0v) is 9.73. The number of hydrogen-bond acceptors (Lipinski definition) is 4. The van der Waals surface area contributed by atoms with E-state index in [4.69, 9.17) is 4.74 Å². The molecule has 2 aliphatic rings. The van der Waals surface area contributed by atoms with Crippen LogP contribution in [0, 0.1) is 0 Å². The van der Waals surface area contributed by atoms with Gasteiger partial charge in [0.25, 0.3) is 0 Å². The van der Waals surface area contributed by atoms with Gasteiger partial charge < -0.3 is 4.74 Å². The Hall–Kier alpha value is -1.65. The molecule has 86 valence electrons. The first kappa shape index (κ1) is 10.9. The Bertz CT molecular complexity index is 402. The first-order chi connectivity index (χ1) is 7.46. The molecule has 0 aromatic rings. The molecule has 0 aromatic heterocycles. The van der Waals surface area contributed by atoms with E-state index in [1.54, 1.807) is 11.1 Å².